The Kier molecular flexibility index (Phi) is 4.58. The zero-order valence-corrected chi connectivity index (χ0v) is 13.0. The normalized spacial score (nSPS) is 12.7. The SMILES string of the molecule is CCn1ncc(NC(=O)C(C)n2nc(C(F)F)cc2C)c1C. The van der Waals surface area contributed by atoms with Gasteiger partial charge < -0.3 is 5.32 Å². The Balaban J connectivity index is 2.17. The molecular weight excluding hydrogens is 292 g/mol. The Labute approximate surface area is 127 Å². The number of nitrogens with one attached hydrogen (secondary N) is 1. The summed E-state index contributed by atoms with van der Waals surface area (Å²) >= 11 is 0. The minimum Gasteiger partial charge on any atom is -0.321 e. The summed E-state index contributed by atoms with van der Waals surface area (Å²) in [6, 6.07) is 0.589. The van der Waals surface area contributed by atoms with Crippen molar-refractivity contribution >= 4 is 11.6 Å². The molecule has 0 fully saturated rings. The van der Waals surface area contributed by atoms with Gasteiger partial charge in [0.05, 0.1) is 17.6 Å². The van der Waals surface area contributed by atoms with Gasteiger partial charge >= 0.3 is 0 Å². The first-order chi connectivity index (χ1) is 10.3. The summed E-state index contributed by atoms with van der Waals surface area (Å²) in [6.45, 7) is 7.76. The maximum Gasteiger partial charge on any atom is 0.282 e. The molecule has 0 bridgehead atoms. The van der Waals surface area contributed by atoms with Crippen LogP contribution >= 0.6 is 0 Å². The summed E-state index contributed by atoms with van der Waals surface area (Å²) in [5.41, 5.74) is 1.64. The Morgan fingerprint density at radius 2 is 2.09 bits per heavy atom. The van der Waals surface area contributed by atoms with Crippen LogP contribution in [0.2, 0.25) is 0 Å². The van der Waals surface area contributed by atoms with Gasteiger partial charge in [0, 0.05) is 12.2 Å². The average molecular weight is 311 g/mol. The Hall–Kier alpha value is -2.25. The highest BCUT2D eigenvalue weighted by atomic mass is 19.3. The molecule has 2 heterocycles. The fraction of sp³-hybridized carbons (Fsp3) is 0.500. The van der Waals surface area contributed by atoms with Crippen LogP contribution < -0.4 is 5.32 Å². The van der Waals surface area contributed by atoms with E-state index in [0.717, 1.165) is 5.69 Å². The fourth-order valence-electron chi connectivity index (χ4n) is 2.25. The molecule has 1 N–H and O–H groups in total. The predicted octanol–water partition coefficient (Wildman–Crippen LogP) is 2.85. The van der Waals surface area contributed by atoms with E-state index < -0.39 is 12.5 Å². The minimum atomic E-state index is -2.65. The van der Waals surface area contributed by atoms with E-state index in [0.29, 0.717) is 17.9 Å². The average Bonchev–Trinajstić information content (AvgIpc) is 3.02. The van der Waals surface area contributed by atoms with E-state index in [-0.39, 0.29) is 11.6 Å². The Morgan fingerprint density at radius 3 is 2.59 bits per heavy atom. The van der Waals surface area contributed by atoms with Crippen molar-refractivity contribution in [1.82, 2.24) is 19.6 Å². The van der Waals surface area contributed by atoms with Gasteiger partial charge in [0.2, 0.25) is 5.91 Å². The first-order valence-electron chi connectivity index (χ1n) is 7.02. The predicted molar refractivity (Wildman–Crippen MR) is 77.9 cm³/mol. The van der Waals surface area contributed by atoms with E-state index in [9.17, 15) is 13.6 Å². The van der Waals surface area contributed by atoms with Gasteiger partial charge in [0.1, 0.15) is 11.7 Å². The van der Waals surface area contributed by atoms with Crippen LogP contribution in [0.5, 0.6) is 0 Å². The van der Waals surface area contributed by atoms with Crippen LogP contribution in [0.4, 0.5) is 14.5 Å². The number of carbonyl (C=O) groups excluding carboxylic acids is 1. The molecule has 6 nitrogen and oxygen atoms in total. The first kappa shape index (κ1) is 16.1. The third-order valence-electron chi connectivity index (χ3n) is 3.57. The van der Waals surface area contributed by atoms with E-state index in [4.69, 9.17) is 0 Å². The van der Waals surface area contributed by atoms with Crippen LogP contribution in [0.25, 0.3) is 0 Å². The number of carbonyl (C=O) groups is 1. The van der Waals surface area contributed by atoms with Gasteiger partial charge in [-0.05, 0) is 33.8 Å². The van der Waals surface area contributed by atoms with Crippen molar-refractivity contribution in [1.29, 1.82) is 0 Å². The standard InChI is InChI=1S/C14H19F2N5O/c1-5-20-9(3)12(7-17-20)18-14(22)10(4)21-8(2)6-11(19-21)13(15)16/h6-7,10,13H,5H2,1-4H3,(H,18,22). The van der Waals surface area contributed by atoms with Gasteiger partial charge in [-0.25, -0.2) is 8.78 Å². The van der Waals surface area contributed by atoms with E-state index >= 15 is 0 Å². The van der Waals surface area contributed by atoms with Crippen molar-refractivity contribution in [2.24, 2.45) is 0 Å². The van der Waals surface area contributed by atoms with Gasteiger partial charge in [-0.2, -0.15) is 10.2 Å². The maximum absolute atomic E-state index is 12.7. The molecule has 0 spiro atoms. The zero-order chi connectivity index (χ0) is 16.4. The number of nitrogens with zero attached hydrogens (tertiary/aromatic N) is 4. The van der Waals surface area contributed by atoms with Gasteiger partial charge in [0.25, 0.3) is 6.43 Å². The molecule has 0 saturated carbocycles. The minimum absolute atomic E-state index is 0.327. The molecule has 0 saturated heterocycles. The van der Waals surface area contributed by atoms with Crippen LogP contribution in [-0.4, -0.2) is 25.5 Å². The summed E-state index contributed by atoms with van der Waals surface area (Å²) < 4.78 is 28.4. The molecule has 2 rings (SSSR count). The molecule has 2 aromatic rings. The molecule has 0 radical (unpaired) electrons. The molecular formula is C14H19F2N5O. The van der Waals surface area contributed by atoms with E-state index in [1.165, 1.54) is 10.7 Å². The Bertz CT molecular complexity index is 677. The molecule has 22 heavy (non-hydrogen) atoms. The number of rotatable bonds is 5. The topological polar surface area (TPSA) is 64.7 Å². The third kappa shape index (κ3) is 3.00. The van der Waals surface area contributed by atoms with Crippen LogP contribution in [0.15, 0.2) is 12.3 Å². The van der Waals surface area contributed by atoms with Crippen molar-refractivity contribution in [3.05, 3.63) is 29.3 Å². The second kappa shape index (κ2) is 6.25. The Morgan fingerprint density at radius 1 is 1.41 bits per heavy atom. The summed E-state index contributed by atoms with van der Waals surface area (Å²) in [5, 5.41) is 10.7. The molecule has 0 aromatic carbocycles. The number of aromatic nitrogens is 4. The molecule has 2 aromatic heterocycles. The van der Waals surface area contributed by atoms with Gasteiger partial charge in [-0.15, -0.1) is 0 Å². The largest absolute Gasteiger partial charge is 0.321 e. The molecule has 120 valence electrons. The number of hydrogen-bond acceptors (Lipinski definition) is 3. The van der Waals surface area contributed by atoms with Crippen LogP contribution in [-0.2, 0) is 11.3 Å². The molecule has 0 aliphatic carbocycles. The number of aryl methyl sites for hydroxylation is 2. The van der Waals surface area contributed by atoms with Gasteiger partial charge in [-0.1, -0.05) is 0 Å². The number of anilines is 1. The van der Waals surface area contributed by atoms with Crippen molar-refractivity contribution in [3.63, 3.8) is 0 Å². The van der Waals surface area contributed by atoms with Crippen molar-refractivity contribution in [2.45, 2.75) is 46.7 Å². The highest BCUT2D eigenvalue weighted by Gasteiger charge is 2.22. The summed E-state index contributed by atoms with van der Waals surface area (Å²) in [5.74, 6) is -0.328. The third-order valence-corrected chi connectivity index (χ3v) is 3.57. The van der Waals surface area contributed by atoms with E-state index in [1.807, 2.05) is 13.8 Å². The number of alkyl halides is 2. The van der Waals surface area contributed by atoms with Crippen molar-refractivity contribution in [3.8, 4) is 0 Å². The molecule has 1 atom stereocenters. The highest BCUT2D eigenvalue weighted by molar-refractivity contribution is 5.93. The highest BCUT2D eigenvalue weighted by Crippen LogP contribution is 2.21. The number of hydrogen-bond donors (Lipinski definition) is 1. The second-order valence-corrected chi connectivity index (χ2v) is 5.08. The molecule has 1 unspecified atom stereocenters. The first-order valence-corrected chi connectivity index (χ1v) is 7.02. The maximum atomic E-state index is 12.7. The lowest BCUT2D eigenvalue weighted by atomic mass is 10.3. The van der Waals surface area contributed by atoms with E-state index in [2.05, 4.69) is 15.5 Å². The number of amides is 1. The molecule has 0 aliphatic heterocycles. The van der Waals surface area contributed by atoms with Crippen molar-refractivity contribution < 1.29 is 13.6 Å². The van der Waals surface area contributed by atoms with Gasteiger partial charge in [0.15, 0.2) is 0 Å². The van der Waals surface area contributed by atoms with Crippen LogP contribution in [0, 0.1) is 13.8 Å². The summed E-state index contributed by atoms with van der Waals surface area (Å²) in [6.07, 6.45) is -1.08. The quantitative estimate of drug-likeness (QED) is 0.923. The van der Waals surface area contributed by atoms with Crippen LogP contribution in [0.3, 0.4) is 0 Å². The smallest absolute Gasteiger partial charge is 0.282 e. The molecule has 8 heteroatoms. The fourth-order valence-corrected chi connectivity index (χ4v) is 2.25. The van der Waals surface area contributed by atoms with Gasteiger partial charge in [-0.3, -0.25) is 14.2 Å². The second-order valence-electron chi connectivity index (χ2n) is 5.08. The lowest BCUT2D eigenvalue weighted by Gasteiger charge is -2.14. The molecule has 0 aliphatic rings. The van der Waals surface area contributed by atoms with Crippen LogP contribution in [0.1, 0.15) is 43.4 Å². The number of halogens is 2. The van der Waals surface area contributed by atoms with Crippen molar-refractivity contribution in [2.75, 3.05) is 5.32 Å². The zero-order valence-electron chi connectivity index (χ0n) is 13.0. The summed E-state index contributed by atoms with van der Waals surface area (Å²) in [7, 11) is 0. The lowest BCUT2D eigenvalue weighted by Crippen LogP contribution is -2.25. The lowest BCUT2D eigenvalue weighted by molar-refractivity contribution is -0.119. The summed E-state index contributed by atoms with van der Waals surface area (Å²) in [4.78, 5) is 12.3. The molecule has 1 amide bonds. The van der Waals surface area contributed by atoms with E-state index in [1.54, 1.807) is 24.7 Å². The monoisotopic (exact) mass is 311 g/mol.